The maximum atomic E-state index is 12.4. The highest BCUT2D eigenvalue weighted by atomic mass is 32.2. The van der Waals surface area contributed by atoms with E-state index in [9.17, 15) is 8.42 Å². The fourth-order valence-corrected chi connectivity index (χ4v) is 3.93. The number of nitrogens with one attached hydrogen (secondary N) is 1. The molecule has 1 unspecified atom stereocenters. The van der Waals surface area contributed by atoms with Gasteiger partial charge in [0, 0.05) is 19.6 Å². The quantitative estimate of drug-likeness (QED) is 0.867. The average molecular weight is 312 g/mol. The lowest BCUT2D eigenvalue weighted by Crippen LogP contribution is -2.43. The molecule has 1 fully saturated rings. The minimum atomic E-state index is -3.23. The maximum absolute atomic E-state index is 12.4. The predicted molar refractivity (Wildman–Crippen MR) is 83.9 cm³/mol. The van der Waals surface area contributed by atoms with Crippen molar-refractivity contribution < 1.29 is 13.2 Å². The van der Waals surface area contributed by atoms with E-state index in [1.807, 2.05) is 24.3 Å². The van der Waals surface area contributed by atoms with Crippen LogP contribution >= 0.6 is 0 Å². The van der Waals surface area contributed by atoms with Gasteiger partial charge in [-0.15, -0.1) is 0 Å². The van der Waals surface area contributed by atoms with Crippen molar-refractivity contribution in [2.75, 3.05) is 26.5 Å². The van der Waals surface area contributed by atoms with Crippen LogP contribution in [0.15, 0.2) is 24.3 Å². The molecule has 0 saturated carbocycles. The minimum absolute atomic E-state index is 0.0852. The standard InChI is InChI=1S/C15H24N2O3S/c1-17(11-13-6-8-15(20-2)9-7-13)21(18,19)12-14-5-3-4-10-16-14/h6-9,14,16H,3-5,10-12H2,1-2H3. The average Bonchev–Trinajstić information content (AvgIpc) is 2.48. The lowest BCUT2D eigenvalue weighted by molar-refractivity contribution is 0.407. The van der Waals surface area contributed by atoms with E-state index in [4.69, 9.17) is 4.74 Å². The van der Waals surface area contributed by atoms with Crippen molar-refractivity contribution >= 4 is 10.0 Å². The van der Waals surface area contributed by atoms with Crippen molar-refractivity contribution in [2.24, 2.45) is 0 Å². The molecule has 5 nitrogen and oxygen atoms in total. The minimum Gasteiger partial charge on any atom is -0.497 e. The molecular weight excluding hydrogens is 288 g/mol. The summed E-state index contributed by atoms with van der Waals surface area (Å²) in [4.78, 5) is 0. The first-order valence-electron chi connectivity index (χ1n) is 7.31. The summed E-state index contributed by atoms with van der Waals surface area (Å²) in [5.41, 5.74) is 0.957. The number of hydrogen-bond acceptors (Lipinski definition) is 4. The van der Waals surface area contributed by atoms with Crippen LogP contribution in [0, 0.1) is 0 Å². The van der Waals surface area contributed by atoms with Crippen LogP contribution in [0.4, 0.5) is 0 Å². The van der Waals surface area contributed by atoms with Crippen LogP contribution in [-0.2, 0) is 16.6 Å². The number of ether oxygens (including phenoxy) is 1. The van der Waals surface area contributed by atoms with Crippen molar-refractivity contribution in [1.82, 2.24) is 9.62 Å². The zero-order chi connectivity index (χ0) is 15.3. The summed E-state index contributed by atoms with van der Waals surface area (Å²) in [5, 5.41) is 3.29. The highest BCUT2D eigenvalue weighted by Crippen LogP contribution is 2.16. The van der Waals surface area contributed by atoms with E-state index in [2.05, 4.69) is 5.32 Å². The summed E-state index contributed by atoms with van der Waals surface area (Å²) in [6.45, 7) is 1.31. The van der Waals surface area contributed by atoms with Gasteiger partial charge in [-0.3, -0.25) is 0 Å². The topological polar surface area (TPSA) is 58.6 Å². The molecule has 1 aliphatic rings. The van der Waals surface area contributed by atoms with Gasteiger partial charge in [-0.1, -0.05) is 18.6 Å². The molecule has 0 radical (unpaired) electrons. The number of nitrogens with zero attached hydrogens (tertiary/aromatic N) is 1. The summed E-state index contributed by atoms with van der Waals surface area (Å²) in [7, 11) is 0.0209. The monoisotopic (exact) mass is 312 g/mol. The second-order valence-corrected chi connectivity index (χ2v) is 7.65. The molecule has 1 aliphatic heterocycles. The van der Waals surface area contributed by atoms with Gasteiger partial charge in [-0.05, 0) is 37.1 Å². The number of hydrogen-bond donors (Lipinski definition) is 1. The van der Waals surface area contributed by atoms with Gasteiger partial charge >= 0.3 is 0 Å². The summed E-state index contributed by atoms with van der Waals surface area (Å²) < 4.78 is 31.3. The molecule has 1 atom stereocenters. The van der Waals surface area contributed by atoms with Gasteiger partial charge in [0.15, 0.2) is 0 Å². The number of rotatable bonds is 6. The molecule has 0 spiro atoms. The first kappa shape index (κ1) is 16.3. The Morgan fingerprint density at radius 2 is 2.00 bits per heavy atom. The van der Waals surface area contributed by atoms with Gasteiger partial charge in [0.1, 0.15) is 5.75 Å². The Balaban J connectivity index is 1.94. The Hall–Kier alpha value is -1.11. The molecule has 1 heterocycles. The highest BCUT2D eigenvalue weighted by Gasteiger charge is 2.24. The van der Waals surface area contributed by atoms with Crippen LogP contribution in [0.3, 0.4) is 0 Å². The Morgan fingerprint density at radius 3 is 2.57 bits per heavy atom. The van der Waals surface area contributed by atoms with Gasteiger partial charge in [0.05, 0.1) is 12.9 Å². The fraction of sp³-hybridized carbons (Fsp3) is 0.600. The SMILES string of the molecule is COc1ccc(CN(C)S(=O)(=O)CC2CCCCN2)cc1. The zero-order valence-electron chi connectivity index (χ0n) is 12.7. The number of benzene rings is 1. The predicted octanol–water partition coefficient (Wildman–Crippen LogP) is 1.60. The van der Waals surface area contributed by atoms with Gasteiger partial charge in [0.25, 0.3) is 0 Å². The fourth-order valence-electron chi connectivity index (χ4n) is 2.53. The van der Waals surface area contributed by atoms with Gasteiger partial charge in [-0.2, -0.15) is 0 Å². The van der Waals surface area contributed by atoms with Crippen molar-refractivity contribution in [1.29, 1.82) is 0 Å². The van der Waals surface area contributed by atoms with Crippen LogP contribution in [0.25, 0.3) is 0 Å². The summed E-state index contributed by atoms with van der Waals surface area (Å²) >= 11 is 0. The molecule has 0 amide bonds. The Labute approximate surface area is 127 Å². The Bertz CT molecular complexity index is 537. The van der Waals surface area contributed by atoms with Crippen molar-refractivity contribution in [2.45, 2.75) is 31.8 Å². The number of methoxy groups -OCH3 is 1. The van der Waals surface area contributed by atoms with Crippen LogP contribution in [0.2, 0.25) is 0 Å². The summed E-state index contributed by atoms with van der Waals surface area (Å²) in [6.07, 6.45) is 3.18. The Kier molecular flexibility index (Phi) is 5.61. The molecule has 1 N–H and O–H groups in total. The van der Waals surface area contributed by atoms with Gasteiger partial charge < -0.3 is 10.1 Å². The highest BCUT2D eigenvalue weighted by molar-refractivity contribution is 7.89. The van der Waals surface area contributed by atoms with Crippen LogP contribution in [0.5, 0.6) is 5.75 Å². The zero-order valence-corrected chi connectivity index (χ0v) is 13.5. The lowest BCUT2D eigenvalue weighted by Gasteiger charge is -2.26. The smallest absolute Gasteiger partial charge is 0.215 e. The number of sulfonamides is 1. The van der Waals surface area contributed by atoms with Crippen LogP contribution in [0.1, 0.15) is 24.8 Å². The van der Waals surface area contributed by atoms with E-state index in [-0.39, 0.29) is 11.8 Å². The molecule has 21 heavy (non-hydrogen) atoms. The van der Waals surface area contributed by atoms with E-state index in [0.29, 0.717) is 6.54 Å². The van der Waals surface area contributed by atoms with Crippen molar-refractivity contribution in [3.05, 3.63) is 29.8 Å². The van der Waals surface area contributed by atoms with E-state index in [1.54, 1.807) is 14.2 Å². The molecule has 0 aromatic heterocycles. The molecule has 1 aromatic carbocycles. The van der Waals surface area contributed by atoms with Gasteiger partial charge in [-0.25, -0.2) is 12.7 Å². The first-order chi connectivity index (χ1) is 10.0. The molecule has 2 rings (SSSR count). The third-order valence-electron chi connectivity index (χ3n) is 3.86. The van der Waals surface area contributed by atoms with E-state index < -0.39 is 10.0 Å². The summed E-state index contributed by atoms with van der Waals surface area (Å²) in [6, 6.07) is 7.56. The molecule has 118 valence electrons. The summed E-state index contributed by atoms with van der Waals surface area (Å²) in [5.74, 6) is 0.954. The molecule has 0 aliphatic carbocycles. The normalized spacial score (nSPS) is 19.7. The van der Waals surface area contributed by atoms with Gasteiger partial charge in [0.2, 0.25) is 10.0 Å². The largest absolute Gasteiger partial charge is 0.497 e. The lowest BCUT2D eigenvalue weighted by atomic mass is 10.1. The van der Waals surface area contributed by atoms with E-state index in [1.165, 1.54) is 4.31 Å². The molecular formula is C15H24N2O3S. The second kappa shape index (κ2) is 7.24. The molecule has 6 heteroatoms. The van der Waals surface area contributed by atoms with Crippen molar-refractivity contribution in [3.63, 3.8) is 0 Å². The number of piperidine rings is 1. The third-order valence-corrected chi connectivity index (χ3v) is 5.77. The molecule has 1 saturated heterocycles. The van der Waals surface area contributed by atoms with E-state index in [0.717, 1.165) is 37.1 Å². The molecule has 1 aromatic rings. The second-order valence-electron chi connectivity index (χ2n) is 5.53. The van der Waals surface area contributed by atoms with Crippen LogP contribution < -0.4 is 10.1 Å². The third kappa shape index (κ3) is 4.69. The Morgan fingerprint density at radius 1 is 1.29 bits per heavy atom. The van der Waals surface area contributed by atoms with Crippen molar-refractivity contribution in [3.8, 4) is 5.75 Å². The molecule has 0 bridgehead atoms. The maximum Gasteiger partial charge on any atom is 0.215 e. The first-order valence-corrected chi connectivity index (χ1v) is 8.92. The van der Waals surface area contributed by atoms with E-state index >= 15 is 0 Å². The van der Waals surface area contributed by atoms with Crippen LogP contribution in [-0.4, -0.2) is 45.2 Å².